The summed E-state index contributed by atoms with van der Waals surface area (Å²) < 4.78 is 1.80. The third-order valence-electron chi connectivity index (χ3n) is 2.62. The van der Waals surface area contributed by atoms with Crippen molar-refractivity contribution in [1.29, 1.82) is 0 Å². The maximum Gasteiger partial charge on any atom is 0.222 e. The lowest BCUT2D eigenvalue weighted by Crippen LogP contribution is -2.04. The number of aryl methyl sites for hydroxylation is 1. The SMILES string of the molecule is CCCn1nncc1-c1nc(N)nc2[nH]ncc12. The van der Waals surface area contributed by atoms with Gasteiger partial charge in [0.15, 0.2) is 5.65 Å². The molecule has 0 spiro atoms. The fourth-order valence-corrected chi connectivity index (χ4v) is 1.87. The second-order valence-corrected chi connectivity index (χ2v) is 3.91. The van der Waals surface area contributed by atoms with Gasteiger partial charge in [0.05, 0.1) is 17.8 Å². The number of nitrogens with zero attached hydrogens (tertiary/aromatic N) is 6. The molecule has 3 rings (SSSR count). The second-order valence-electron chi connectivity index (χ2n) is 3.91. The summed E-state index contributed by atoms with van der Waals surface area (Å²) in [6, 6.07) is 0. The molecule has 3 heterocycles. The molecule has 0 fully saturated rings. The van der Waals surface area contributed by atoms with Gasteiger partial charge in [-0.1, -0.05) is 12.1 Å². The summed E-state index contributed by atoms with van der Waals surface area (Å²) in [4.78, 5) is 8.35. The van der Waals surface area contributed by atoms with Crippen molar-refractivity contribution in [2.45, 2.75) is 19.9 Å². The van der Waals surface area contributed by atoms with Crippen molar-refractivity contribution in [3.8, 4) is 11.4 Å². The van der Waals surface area contributed by atoms with Gasteiger partial charge >= 0.3 is 0 Å². The van der Waals surface area contributed by atoms with E-state index in [-0.39, 0.29) is 5.95 Å². The predicted octanol–water partition coefficient (Wildman–Crippen LogP) is 0.604. The number of aromatic amines is 1. The standard InChI is InChI=1S/C10H12N8/c1-2-3-18-7(5-13-17-18)8-6-4-12-16-9(6)15-10(11)14-8/h4-5H,2-3H2,1H3,(H3,11,12,14,15,16). The number of aromatic nitrogens is 7. The van der Waals surface area contributed by atoms with Gasteiger partial charge in [0.1, 0.15) is 11.4 Å². The van der Waals surface area contributed by atoms with Crippen LogP contribution in [0.1, 0.15) is 13.3 Å². The Kier molecular flexibility index (Phi) is 2.40. The van der Waals surface area contributed by atoms with Gasteiger partial charge in [0.25, 0.3) is 0 Å². The minimum absolute atomic E-state index is 0.200. The molecule has 0 aliphatic carbocycles. The Bertz CT molecular complexity index is 682. The Morgan fingerprint density at radius 3 is 3.06 bits per heavy atom. The molecule has 0 amide bonds. The molecule has 18 heavy (non-hydrogen) atoms. The van der Waals surface area contributed by atoms with E-state index in [2.05, 4.69) is 37.4 Å². The fourth-order valence-electron chi connectivity index (χ4n) is 1.87. The van der Waals surface area contributed by atoms with Gasteiger partial charge in [-0.3, -0.25) is 5.10 Å². The maximum absolute atomic E-state index is 5.69. The van der Waals surface area contributed by atoms with Gasteiger partial charge in [-0.2, -0.15) is 10.1 Å². The lowest BCUT2D eigenvalue weighted by Gasteiger charge is -2.05. The second kappa shape index (κ2) is 4.06. The highest BCUT2D eigenvalue weighted by molar-refractivity contribution is 5.89. The molecule has 0 radical (unpaired) electrons. The molecule has 0 atom stereocenters. The molecule has 3 aromatic heterocycles. The number of nitrogens with one attached hydrogen (secondary N) is 1. The summed E-state index contributed by atoms with van der Waals surface area (Å²) in [7, 11) is 0. The topological polar surface area (TPSA) is 111 Å². The van der Waals surface area contributed by atoms with Gasteiger partial charge < -0.3 is 5.73 Å². The molecule has 0 aromatic carbocycles. The van der Waals surface area contributed by atoms with E-state index >= 15 is 0 Å². The van der Waals surface area contributed by atoms with Crippen molar-refractivity contribution in [3.05, 3.63) is 12.4 Å². The van der Waals surface area contributed by atoms with Crippen LogP contribution in [0.25, 0.3) is 22.4 Å². The van der Waals surface area contributed by atoms with Crippen LogP contribution in [0.4, 0.5) is 5.95 Å². The van der Waals surface area contributed by atoms with E-state index in [0.29, 0.717) is 11.3 Å². The van der Waals surface area contributed by atoms with Crippen molar-refractivity contribution in [1.82, 2.24) is 35.2 Å². The monoisotopic (exact) mass is 244 g/mol. The van der Waals surface area contributed by atoms with Crippen LogP contribution in [0.5, 0.6) is 0 Å². The Morgan fingerprint density at radius 2 is 2.22 bits per heavy atom. The van der Waals surface area contributed by atoms with Crippen LogP contribution in [0, 0.1) is 0 Å². The first-order chi connectivity index (χ1) is 8.79. The molecule has 0 saturated carbocycles. The summed E-state index contributed by atoms with van der Waals surface area (Å²) in [5.74, 6) is 0.200. The van der Waals surface area contributed by atoms with Crippen LogP contribution in [-0.4, -0.2) is 35.2 Å². The van der Waals surface area contributed by atoms with Crippen molar-refractivity contribution in [2.24, 2.45) is 0 Å². The lowest BCUT2D eigenvalue weighted by molar-refractivity contribution is 0.583. The average Bonchev–Trinajstić information content (AvgIpc) is 2.96. The van der Waals surface area contributed by atoms with E-state index < -0.39 is 0 Å². The molecule has 0 bridgehead atoms. The molecule has 0 unspecified atom stereocenters. The Balaban J connectivity index is 2.24. The average molecular weight is 244 g/mol. The third kappa shape index (κ3) is 1.58. The normalized spacial score (nSPS) is 11.2. The molecular weight excluding hydrogens is 232 g/mol. The van der Waals surface area contributed by atoms with E-state index in [1.807, 2.05) is 0 Å². The summed E-state index contributed by atoms with van der Waals surface area (Å²) in [6.07, 6.45) is 4.31. The number of fused-ring (bicyclic) bond motifs is 1. The molecule has 0 aliphatic rings. The first-order valence-electron chi connectivity index (χ1n) is 5.65. The quantitative estimate of drug-likeness (QED) is 0.698. The summed E-state index contributed by atoms with van der Waals surface area (Å²) in [6.45, 7) is 2.85. The lowest BCUT2D eigenvalue weighted by atomic mass is 10.2. The first-order valence-corrected chi connectivity index (χ1v) is 5.65. The summed E-state index contributed by atoms with van der Waals surface area (Å²) >= 11 is 0. The van der Waals surface area contributed by atoms with E-state index in [1.165, 1.54) is 0 Å². The summed E-state index contributed by atoms with van der Waals surface area (Å²) in [5, 5.41) is 15.5. The summed E-state index contributed by atoms with van der Waals surface area (Å²) in [5.41, 5.74) is 7.82. The van der Waals surface area contributed by atoms with E-state index in [1.54, 1.807) is 17.1 Å². The Hall–Kier alpha value is -2.51. The molecule has 8 nitrogen and oxygen atoms in total. The molecule has 0 saturated heterocycles. The van der Waals surface area contributed by atoms with Gasteiger partial charge in [-0.25, -0.2) is 9.67 Å². The minimum atomic E-state index is 0.200. The van der Waals surface area contributed by atoms with Crippen LogP contribution in [0.15, 0.2) is 12.4 Å². The Labute approximate surface area is 102 Å². The van der Waals surface area contributed by atoms with Gasteiger partial charge in [0, 0.05) is 6.54 Å². The van der Waals surface area contributed by atoms with E-state index in [9.17, 15) is 0 Å². The molecule has 3 aromatic rings. The van der Waals surface area contributed by atoms with Crippen molar-refractivity contribution >= 4 is 17.0 Å². The number of hydrogen-bond acceptors (Lipinski definition) is 6. The number of hydrogen-bond donors (Lipinski definition) is 2. The first kappa shape index (κ1) is 10.6. The number of rotatable bonds is 3. The van der Waals surface area contributed by atoms with Crippen LogP contribution in [0.3, 0.4) is 0 Å². The fraction of sp³-hybridized carbons (Fsp3) is 0.300. The van der Waals surface area contributed by atoms with E-state index in [4.69, 9.17) is 5.73 Å². The van der Waals surface area contributed by atoms with Crippen molar-refractivity contribution in [3.63, 3.8) is 0 Å². The smallest absolute Gasteiger partial charge is 0.222 e. The van der Waals surface area contributed by atoms with Crippen LogP contribution in [0.2, 0.25) is 0 Å². The van der Waals surface area contributed by atoms with Crippen molar-refractivity contribution in [2.75, 3.05) is 5.73 Å². The van der Waals surface area contributed by atoms with E-state index in [0.717, 1.165) is 24.0 Å². The van der Waals surface area contributed by atoms with Crippen LogP contribution in [-0.2, 0) is 6.54 Å². The zero-order chi connectivity index (χ0) is 12.5. The van der Waals surface area contributed by atoms with Crippen LogP contribution < -0.4 is 5.73 Å². The molecular formula is C10H12N8. The number of H-pyrrole nitrogens is 1. The zero-order valence-corrected chi connectivity index (χ0v) is 9.83. The number of nitrogens with two attached hydrogens (primary N) is 1. The molecule has 8 heteroatoms. The number of anilines is 1. The Morgan fingerprint density at radius 1 is 1.33 bits per heavy atom. The minimum Gasteiger partial charge on any atom is -0.368 e. The third-order valence-corrected chi connectivity index (χ3v) is 2.62. The highest BCUT2D eigenvalue weighted by atomic mass is 15.4. The van der Waals surface area contributed by atoms with Gasteiger partial charge in [0.2, 0.25) is 5.95 Å². The number of nitrogen functional groups attached to an aromatic ring is 1. The highest BCUT2D eigenvalue weighted by Crippen LogP contribution is 2.24. The highest BCUT2D eigenvalue weighted by Gasteiger charge is 2.14. The van der Waals surface area contributed by atoms with Gasteiger partial charge in [-0.15, -0.1) is 5.10 Å². The largest absolute Gasteiger partial charge is 0.368 e. The predicted molar refractivity (Wildman–Crippen MR) is 65.4 cm³/mol. The van der Waals surface area contributed by atoms with Gasteiger partial charge in [-0.05, 0) is 6.42 Å². The van der Waals surface area contributed by atoms with Crippen molar-refractivity contribution < 1.29 is 0 Å². The molecule has 0 aliphatic heterocycles. The zero-order valence-electron chi connectivity index (χ0n) is 9.83. The maximum atomic E-state index is 5.69. The molecule has 92 valence electrons. The molecule has 3 N–H and O–H groups in total. The van der Waals surface area contributed by atoms with Crippen LogP contribution >= 0.6 is 0 Å².